The Hall–Kier alpha value is -2.29. The van der Waals surface area contributed by atoms with Crippen molar-refractivity contribution in [3.05, 3.63) is 59.7 Å². The lowest BCUT2D eigenvalue weighted by atomic mass is 9.94. The number of rotatable bonds is 0. The standard InChI is InChI=1S/C16H16N2O/c1-11-10-12-6-2-4-8-14(12)18(16(17)19)15-9-5-3-7-13(11)15/h2-9,11H,10H2,1H3,(H2,17,19). The Balaban J connectivity index is 2.28. The van der Waals surface area contributed by atoms with Crippen LogP contribution < -0.4 is 10.6 Å². The molecule has 1 aliphatic heterocycles. The zero-order chi connectivity index (χ0) is 13.4. The number of nitrogens with zero attached hydrogens (tertiary/aromatic N) is 1. The van der Waals surface area contributed by atoms with E-state index >= 15 is 0 Å². The molecule has 0 aromatic heterocycles. The summed E-state index contributed by atoms with van der Waals surface area (Å²) in [6.45, 7) is 2.18. The molecule has 0 spiro atoms. The molecule has 1 heterocycles. The quantitative estimate of drug-likeness (QED) is 0.765. The minimum Gasteiger partial charge on any atom is -0.351 e. The Morgan fingerprint density at radius 2 is 1.74 bits per heavy atom. The molecule has 3 nitrogen and oxygen atoms in total. The van der Waals surface area contributed by atoms with E-state index in [-0.39, 0.29) is 0 Å². The highest BCUT2D eigenvalue weighted by Crippen LogP contribution is 2.40. The van der Waals surface area contributed by atoms with Crippen molar-refractivity contribution in [2.45, 2.75) is 19.3 Å². The van der Waals surface area contributed by atoms with Crippen LogP contribution >= 0.6 is 0 Å². The summed E-state index contributed by atoms with van der Waals surface area (Å²) < 4.78 is 0. The molecule has 0 bridgehead atoms. The molecule has 0 saturated carbocycles. The molecule has 3 rings (SSSR count). The van der Waals surface area contributed by atoms with E-state index < -0.39 is 6.03 Å². The van der Waals surface area contributed by atoms with Gasteiger partial charge in [-0.15, -0.1) is 0 Å². The molecule has 1 unspecified atom stereocenters. The van der Waals surface area contributed by atoms with Crippen LogP contribution in [0.15, 0.2) is 48.5 Å². The predicted octanol–water partition coefficient (Wildman–Crippen LogP) is 3.56. The maximum Gasteiger partial charge on any atom is 0.323 e. The number of hydrogen-bond acceptors (Lipinski definition) is 1. The number of carbonyl (C=O) groups excluding carboxylic acids is 1. The van der Waals surface area contributed by atoms with Gasteiger partial charge in [-0.2, -0.15) is 0 Å². The summed E-state index contributed by atoms with van der Waals surface area (Å²) in [5.41, 5.74) is 9.71. The molecule has 2 amide bonds. The number of amides is 2. The van der Waals surface area contributed by atoms with E-state index in [1.807, 2.05) is 36.4 Å². The first-order valence-corrected chi connectivity index (χ1v) is 6.45. The Labute approximate surface area is 112 Å². The predicted molar refractivity (Wildman–Crippen MR) is 76.7 cm³/mol. The number of hydrogen-bond donors (Lipinski definition) is 1. The van der Waals surface area contributed by atoms with E-state index in [0.29, 0.717) is 5.92 Å². The first-order valence-electron chi connectivity index (χ1n) is 6.45. The number of urea groups is 1. The molecule has 1 atom stereocenters. The van der Waals surface area contributed by atoms with E-state index in [9.17, 15) is 4.79 Å². The van der Waals surface area contributed by atoms with Gasteiger partial charge in [0.2, 0.25) is 0 Å². The number of carbonyl (C=O) groups is 1. The Morgan fingerprint density at radius 1 is 1.11 bits per heavy atom. The summed E-state index contributed by atoms with van der Waals surface area (Å²) in [6.07, 6.45) is 0.914. The van der Waals surface area contributed by atoms with Gasteiger partial charge in [-0.1, -0.05) is 43.3 Å². The van der Waals surface area contributed by atoms with Crippen LogP contribution in [0.2, 0.25) is 0 Å². The Bertz CT molecular complexity index is 636. The van der Waals surface area contributed by atoms with Gasteiger partial charge in [0.25, 0.3) is 0 Å². The second kappa shape index (κ2) is 4.43. The van der Waals surface area contributed by atoms with E-state index in [4.69, 9.17) is 5.73 Å². The van der Waals surface area contributed by atoms with E-state index in [1.54, 1.807) is 4.90 Å². The van der Waals surface area contributed by atoms with Crippen molar-refractivity contribution in [3.8, 4) is 0 Å². The van der Waals surface area contributed by atoms with Crippen molar-refractivity contribution in [3.63, 3.8) is 0 Å². The van der Waals surface area contributed by atoms with Crippen LogP contribution in [-0.2, 0) is 6.42 Å². The monoisotopic (exact) mass is 252 g/mol. The molecule has 0 saturated heterocycles. The van der Waals surface area contributed by atoms with Crippen LogP contribution in [0, 0.1) is 0 Å². The molecule has 2 N–H and O–H groups in total. The smallest absolute Gasteiger partial charge is 0.323 e. The molecule has 2 aromatic carbocycles. The number of fused-ring (bicyclic) bond motifs is 2. The molecule has 1 aliphatic rings. The molecular formula is C16H16N2O. The zero-order valence-electron chi connectivity index (χ0n) is 10.8. The van der Waals surface area contributed by atoms with Crippen LogP contribution in [0.4, 0.5) is 16.2 Å². The van der Waals surface area contributed by atoms with Crippen molar-refractivity contribution in [2.75, 3.05) is 4.90 Å². The van der Waals surface area contributed by atoms with Crippen LogP contribution in [0.5, 0.6) is 0 Å². The Kier molecular flexibility index (Phi) is 2.75. The van der Waals surface area contributed by atoms with Gasteiger partial charge in [-0.05, 0) is 35.6 Å². The molecule has 19 heavy (non-hydrogen) atoms. The minimum absolute atomic E-state index is 0.363. The lowest BCUT2D eigenvalue weighted by Crippen LogP contribution is -2.32. The molecule has 96 valence electrons. The maximum atomic E-state index is 11.9. The SMILES string of the molecule is CC1Cc2ccccc2N(C(N)=O)c2ccccc21. The molecule has 0 fully saturated rings. The van der Waals surface area contributed by atoms with Gasteiger partial charge in [-0.25, -0.2) is 4.79 Å². The zero-order valence-corrected chi connectivity index (χ0v) is 10.8. The summed E-state index contributed by atoms with van der Waals surface area (Å²) in [4.78, 5) is 13.5. The van der Waals surface area contributed by atoms with Crippen molar-refractivity contribution in [1.29, 1.82) is 0 Å². The van der Waals surface area contributed by atoms with Crippen molar-refractivity contribution < 1.29 is 4.79 Å². The lowest BCUT2D eigenvalue weighted by molar-refractivity contribution is 0.256. The number of primary amides is 1. The molecule has 0 radical (unpaired) electrons. The largest absolute Gasteiger partial charge is 0.351 e. The molecule has 3 heteroatoms. The van der Waals surface area contributed by atoms with Gasteiger partial charge in [0.15, 0.2) is 0 Å². The fourth-order valence-electron chi connectivity index (χ4n) is 2.82. The van der Waals surface area contributed by atoms with E-state index in [2.05, 4.69) is 19.1 Å². The molecule has 0 aliphatic carbocycles. The third kappa shape index (κ3) is 1.87. The topological polar surface area (TPSA) is 46.3 Å². The van der Waals surface area contributed by atoms with Gasteiger partial charge >= 0.3 is 6.03 Å². The van der Waals surface area contributed by atoms with Crippen molar-refractivity contribution in [2.24, 2.45) is 5.73 Å². The normalized spacial score (nSPS) is 17.3. The fraction of sp³-hybridized carbons (Fsp3) is 0.188. The average molecular weight is 252 g/mol. The molecule has 2 aromatic rings. The molecular weight excluding hydrogens is 236 g/mol. The number of para-hydroxylation sites is 2. The van der Waals surface area contributed by atoms with Gasteiger partial charge in [-0.3, -0.25) is 4.90 Å². The first-order chi connectivity index (χ1) is 9.18. The minimum atomic E-state index is -0.436. The van der Waals surface area contributed by atoms with Crippen molar-refractivity contribution >= 4 is 17.4 Å². The third-order valence-corrected chi connectivity index (χ3v) is 3.69. The highest BCUT2D eigenvalue weighted by atomic mass is 16.2. The van der Waals surface area contributed by atoms with Gasteiger partial charge < -0.3 is 5.73 Å². The lowest BCUT2D eigenvalue weighted by Gasteiger charge is -2.22. The van der Waals surface area contributed by atoms with Crippen LogP contribution in [0.25, 0.3) is 0 Å². The first kappa shape index (κ1) is 11.8. The number of anilines is 2. The van der Waals surface area contributed by atoms with Gasteiger partial charge in [0.05, 0.1) is 11.4 Å². The summed E-state index contributed by atoms with van der Waals surface area (Å²) >= 11 is 0. The summed E-state index contributed by atoms with van der Waals surface area (Å²) in [5.74, 6) is 0.363. The van der Waals surface area contributed by atoms with Gasteiger partial charge in [0.1, 0.15) is 0 Å². The highest BCUT2D eigenvalue weighted by molar-refractivity contribution is 6.00. The van der Waals surface area contributed by atoms with E-state index in [0.717, 1.165) is 28.9 Å². The summed E-state index contributed by atoms with van der Waals surface area (Å²) in [6, 6.07) is 15.5. The van der Waals surface area contributed by atoms with Crippen LogP contribution in [0.1, 0.15) is 24.0 Å². The summed E-state index contributed by atoms with van der Waals surface area (Å²) in [5, 5.41) is 0. The fourth-order valence-corrected chi connectivity index (χ4v) is 2.82. The second-order valence-electron chi connectivity index (χ2n) is 4.97. The van der Waals surface area contributed by atoms with Crippen molar-refractivity contribution in [1.82, 2.24) is 0 Å². The summed E-state index contributed by atoms with van der Waals surface area (Å²) in [7, 11) is 0. The van der Waals surface area contributed by atoms with Crippen LogP contribution in [0.3, 0.4) is 0 Å². The third-order valence-electron chi connectivity index (χ3n) is 3.69. The second-order valence-corrected chi connectivity index (χ2v) is 4.97. The van der Waals surface area contributed by atoms with Crippen LogP contribution in [-0.4, -0.2) is 6.03 Å². The average Bonchev–Trinajstić information content (AvgIpc) is 2.53. The highest BCUT2D eigenvalue weighted by Gasteiger charge is 2.26. The number of benzene rings is 2. The Morgan fingerprint density at radius 3 is 2.47 bits per heavy atom. The van der Waals surface area contributed by atoms with E-state index in [1.165, 1.54) is 0 Å². The van der Waals surface area contributed by atoms with Gasteiger partial charge in [0, 0.05) is 0 Å². The maximum absolute atomic E-state index is 11.9. The number of nitrogens with two attached hydrogens (primary N) is 1.